The van der Waals surface area contributed by atoms with Gasteiger partial charge in [-0.1, -0.05) is 54.6 Å². The number of nitrogens with zero attached hydrogens (tertiary/aromatic N) is 2. The highest BCUT2D eigenvalue weighted by atomic mass is 19.1. The molecular formula is C31H27FN2O4. The van der Waals surface area contributed by atoms with Crippen molar-refractivity contribution in [2.45, 2.75) is 37.3 Å². The predicted molar refractivity (Wildman–Crippen MR) is 138 cm³/mol. The number of benzene rings is 3. The van der Waals surface area contributed by atoms with Crippen molar-refractivity contribution >= 4 is 11.9 Å². The second-order valence-electron chi connectivity index (χ2n) is 10.2. The summed E-state index contributed by atoms with van der Waals surface area (Å²) in [5.74, 6) is -1.34. The van der Waals surface area contributed by atoms with Crippen molar-refractivity contribution in [3.8, 4) is 17.2 Å². The molecule has 2 heterocycles. The third-order valence-corrected chi connectivity index (χ3v) is 8.02. The molecule has 2 fully saturated rings. The van der Waals surface area contributed by atoms with Crippen LogP contribution in [0.3, 0.4) is 0 Å². The van der Waals surface area contributed by atoms with E-state index in [1.165, 1.54) is 29.3 Å². The molecule has 3 aliphatic rings. The molecule has 2 saturated heterocycles. The number of ether oxygens (including phenoxy) is 2. The minimum Gasteiger partial charge on any atom is -0.448 e. The van der Waals surface area contributed by atoms with E-state index in [0.717, 1.165) is 11.1 Å². The zero-order valence-electron chi connectivity index (χ0n) is 20.8. The molecule has 7 heteroatoms. The molecule has 2 unspecified atom stereocenters. The van der Waals surface area contributed by atoms with Gasteiger partial charge in [0.2, 0.25) is 0 Å². The Bertz CT molecular complexity index is 1390. The van der Waals surface area contributed by atoms with E-state index in [9.17, 15) is 14.0 Å². The number of amides is 1. The Morgan fingerprint density at radius 3 is 2.24 bits per heavy atom. The van der Waals surface area contributed by atoms with Crippen molar-refractivity contribution in [3.05, 3.63) is 94.8 Å². The highest BCUT2D eigenvalue weighted by Gasteiger charge is 2.45. The number of fused-ring (bicyclic) bond motifs is 5. The summed E-state index contributed by atoms with van der Waals surface area (Å²) in [6.07, 6.45) is 0.459. The Kier molecular flexibility index (Phi) is 6.42. The number of halogens is 1. The summed E-state index contributed by atoms with van der Waals surface area (Å²) < 4.78 is 26.2. The van der Waals surface area contributed by atoms with Crippen LogP contribution < -0.4 is 0 Å². The Balaban J connectivity index is 1.17. The van der Waals surface area contributed by atoms with Crippen LogP contribution in [-0.2, 0) is 15.9 Å². The first-order valence-electron chi connectivity index (χ1n) is 13.0. The molecule has 2 aliphatic heterocycles. The fourth-order valence-corrected chi connectivity index (χ4v) is 6.28. The summed E-state index contributed by atoms with van der Waals surface area (Å²) in [6.45, 7) is 0.839. The van der Waals surface area contributed by atoms with Gasteiger partial charge in [0.25, 0.3) is 0 Å². The summed E-state index contributed by atoms with van der Waals surface area (Å²) in [5.41, 5.74) is 5.25. The topological polar surface area (TPSA) is 79.6 Å². The molecule has 2 bridgehead atoms. The zero-order valence-corrected chi connectivity index (χ0v) is 20.8. The van der Waals surface area contributed by atoms with E-state index in [-0.39, 0.29) is 42.4 Å². The normalized spacial score (nSPS) is 21.8. The molecule has 3 aromatic rings. The number of carbonyl (C=O) groups is 2. The van der Waals surface area contributed by atoms with E-state index in [1.54, 1.807) is 4.90 Å². The molecule has 1 amide bonds. The number of hydrogen-bond donors (Lipinski definition) is 0. The first-order valence-corrected chi connectivity index (χ1v) is 13.0. The quantitative estimate of drug-likeness (QED) is 0.424. The van der Waals surface area contributed by atoms with Crippen LogP contribution in [-0.4, -0.2) is 48.7 Å². The maximum atomic E-state index is 14.6. The van der Waals surface area contributed by atoms with Crippen molar-refractivity contribution in [1.29, 1.82) is 5.26 Å². The van der Waals surface area contributed by atoms with Gasteiger partial charge in [0, 0.05) is 11.8 Å². The molecule has 1 aliphatic carbocycles. The number of ketones is 1. The van der Waals surface area contributed by atoms with Gasteiger partial charge < -0.3 is 9.47 Å². The average Bonchev–Trinajstić information content (AvgIpc) is 3.25. The van der Waals surface area contributed by atoms with E-state index in [2.05, 4.69) is 24.3 Å². The first kappa shape index (κ1) is 24.3. The number of rotatable bonds is 5. The predicted octanol–water partition coefficient (Wildman–Crippen LogP) is 5.50. The number of hydrogen-bond acceptors (Lipinski definition) is 5. The summed E-state index contributed by atoms with van der Waals surface area (Å²) >= 11 is 0. The van der Waals surface area contributed by atoms with Crippen LogP contribution in [0.1, 0.15) is 45.8 Å². The van der Waals surface area contributed by atoms with Gasteiger partial charge in [-0.3, -0.25) is 9.69 Å². The maximum absolute atomic E-state index is 14.6. The molecular weight excluding hydrogens is 483 g/mol. The molecule has 0 spiro atoms. The van der Waals surface area contributed by atoms with Crippen molar-refractivity contribution < 1.29 is 23.5 Å². The first-order chi connectivity index (χ1) is 18.5. The lowest BCUT2D eigenvalue weighted by atomic mass is 9.80. The highest BCUT2D eigenvalue weighted by molar-refractivity contribution is 5.98. The summed E-state index contributed by atoms with van der Waals surface area (Å²) in [5, 5.41) is 8.98. The lowest BCUT2D eigenvalue weighted by Crippen LogP contribution is -2.60. The largest absolute Gasteiger partial charge is 0.448 e. The lowest BCUT2D eigenvalue weighted by molar-refractivity contribution is -0.0748. The van der Waals surface area contributed by atoms with E-state index in [0.29, 0.717) is 31.6 Å². The van der Waals surface area contributed by atoms with E-state index >= 15 is 0 Å². The Morgan fingerprint density at radius 1 is 0.974 bits per heavy atom. The smallest absolute Gasteiger partial charge is 0.410 e. The second kappa shape index (κ2) is 10.0. The monoisotopic (exact) mass is 510 g/mol. The molecule has 6 rings (SSSR count). The van der Waals surface area contributed by atoms with Crippen molar-refractivity contribution in [2.24, 2.45) is 5.92 Å². The lowest BCUT2D eigenvalue weighted by Gasteiger charge is -2.47. The number of carbonyl (C=O) groups excluding carboxylic acids is 2. The van der Waals surface area contributed by atoms with Crippen LogP contribution in [0.15, 0.2) is 66.7 Å². The average molecular weight is 511 g/mol. The molecule has 6 nitrogen and oxygen atoms in total. The third-order valence-electron chi connectivity index (χ3n) is 8.02. The number of Topliss-reactive ketones (excluding diaryl/α,β-unsaturated/α-hetero) is 1. The summed E-state index contributed by atoms with van der Waals surface area (Å²) in [4.78, 5) is 28.4. The van der Waals surface area contributed by atoms with Crippen molar-refractivity contribution in [2.75, 3.05) is 19.8 Å². The minimum atomic E-state index is -0.586. The van der Waals surface area contributed by atoms with Crippen molar-refractivity contribution in [1.82, 2.24) is 4.90 Å². The Hall–Kier alpha value is -4.02. The molecule has 3 aromatic carbocycles. The van der Waals surface area contributed by atoms with Crippen LogP contribution >= 0.6 is 0 Å². The summed E-state index contributed by atoms with van der Waals surface area (Å²) in [7, 11) is 0. The van der Waals surface area contributed by atoms with E-state index < -0.39 is 17.8 Å². The van der Waals surface area contributed by atoms with Gasteiger partial charge >= 0.3 is 6.09 Å². The van der Waals surface area contributed by atoms with Gasteiger partial charge in [-0.15, -0.1) is 0 Å². The molecule has 2 atom stereocenters. The number of piperidine rings is 1. The van der Waals surface area contributed by atoms with Crippen molar-refractivity contribution in [3.63, 3.8) is 0 Å². The van der Waals surface area contributed by atoms with Gasteiger partial charge in [0.1, 0.15) is 12.4 Å². The minimum absolute atomic E-state index is 0.0105. The van der Waals surface area contributed by atoms with E-state index in [1.807, 2.05) is 30.3 Å². The third kappa shape index (κ3) is 4.25. The highest BCUT2D eigenvalue weighted by Crippen LogP contribution is 2.44. The molecule has 0 saturated carbocycles. The molecule has 192 valence electrons. The summed E-state index contributed by atoms with van der Waals surface area (Å²) in [6, 6.07) is 22.0. The van der Waals surface area contributed by atoms with Crippen LogP contribution in [0, 0.1) is 23.1 Å². The molecule has 0 N–H and O–H groups in total. The molecule has 0 aromatic heterocycles. The van der Waals surface area contributed by atoms with Gasteiger partial charge in [-0.05, 0) is 52.8 Å². The van der Waals surface area contributed by atoms with Gasteiger partial charge in [0.05, 0.1) is 43.4 Å². The number of nitriles is 1. The van der Waals surface area contributed by atoms with Gasteiger partial charge in [0.15, 0.2) is 5.78 Å². The fraction of sp³-hybridized carbons (Fsp3) is 0.323. The zero-order chi connectivity index (χ0) is 26.2. The fourth-order valence-electron chi connectivity index (χ4n) is 6.28. The Labute approximate surface area is 220 Å². The molecule has 38 heavy (non-hydrogen) atoms. The van der Waals surface area contributed by atoms with E-state index in [4.69, 9.17) is 14.7 Å². The van der Waals surface area contributed by atoms with Crippen LogP contribution in [0.5, 0.6) is 0 Å². The second-order valence-corrected chi connectivity index (χ2v) is 10.2. The van der Waals surface area contributed by atoms with Crippen LogP contribution in [0.4, 0.5) is 9.18 Å². The maximum Gasteiger partial charge on any atom is 0.410 e. The standard InChI is InChI=1S/C31H27FN2O4/c32-29-10-9-19(11-12-33)13-27(29)30(35)20-14-21-16-37-17-22(15-20)34(21)31(36)38-18-28-25-7-3-1-5-23(25)24-6-2-4-8-26(24)28/h1-10,13,20-22,28H,11,14-18H2. The van der Waals surface area contributed by atoms with Gasteiger partial charge in [-0.2, -0.15) is 5.26 Å². The van der Waals surface area contributed by atoms with Crippen LogP contribution in [0.2, 0.25) is 0 Å². The number of morpholine rings is 1. The van der Waals surface area contributed by atoms with Crippen LogP contribution in [0.25, 0.3) is 11.1 Å². The SMILES string of the molecule is N#CCc1ccc(F)c(C(=O)C2CC3COCC(C2)N3C(=O)OCC2c3ccccc3-c3ccccc32)c1. The Morgan fingerprint density at radius 2 is 1.61 bits per heavy atom. The van der Waals surface area contributed by atoms with Gasteiger partial charge in [-0.25, -0.2) is 9.18 Å². The molecule has 0 radical (unpaired) electrons.